The number of aryl methyl sites for hydroxylation is 1. The van der Waals surface area contributed by atoms with Crippen LogP contribution in [0.15, 0.2) is 24.7 Å². The van der Waals surface area contributed by atoms with Crippen LogP contribution in [0.5, 0.6) is 5.88 Å². The summed E-state index contributed by atoms with van der Waals surface area (Å²) in [6.07, 6.45) is 3.55. The summed E-state index contributed by atoms with van der Waals surface area (Å²) in [5.41, 5.74) is 2.03. The largest absolute Gasteiger partial charge is 0.479 e. The Morgan fingerprint density at radius 3 is 2.60 bits per heavy atom. The lowest BCUT2D eigenvalue weighted by Gasteiger charge is -2.09. The number of Topliss-reactive ketones (excluding diaryl/α,β-unsaturated/α-hetero) is 1. The normalized spacial score (nSPS) is 9.65. The summed E-state index contributed by atoms with van der Waals surface area (Å²) >= 11 is 3.12. The third-order valence-electron chi connectivity index (χ3n) is 2.43. The number of ether oxygens (including phenoxy) is 1. The molecule has 2 heterocycles. The maximum atomic E-state index is 11.5. The van der Waals surface area contributed by atoms with Crippen molar-refractivity contribution >= 4 is 21.7 Å². The Kier molecular flexibility index (Phi) is 6.38. The van der Waals surface area contributed by atoms with Gasteiger partial charge in [-0.25, -0.2) is 9.97 Å². The molecule has 0 aromatic carbocycles. The Morgan fingerprint density at radius 1 is 1.40 bits per heavy atom. The molecule has 0 spiro atoms. The van der Waals surface area contributed by atoms with Crippen LogP contribution in [0.2, 0.25) is 0 Å². The first-order chi connectivity index (χ1) is 9.65. The van der Waals surface area contributed by atoms with E-state index in [-0.39, 0.29) is 11.1 Å². The molecule has 6 heteroatoms. The number of rotatable bonds is 4. The first-order valence-electron chi connectivity index (χ1n) is 6.31. The molecular formula is C14H18BrN3O2. The second-order valence-electron chi connectivity index (χ2n) is 3.70. The summed E-state index contributed by atoms with van der Waals surface area (Å²) in [7, 11) is 1.53. The van der Waals surface area contributed by atoms with Crippen LogP contribution in [-0.2, 0) is 0 Å². The second-order valence-corrected chi connectivity index (χ2v) is 4.26. The lowest BCUT2D eigenvalue weighted by atomic mass is 10.2. The predicted molar refractivity (Wildman–Crippen MR) is 82.1 cm³/mol. The summed E-state index contributed by atoms with van der Waals surface area (Å²) in [4.78, 5) is 19.9. The number of nitrogens with zero attached hydrogens (tertiary/aromatic N) is 3. The van der Waals surface area contributed by atoms with Gasteiger partial charge in [0.15, 0.2) is 5.78 Å². The molecule has 2 aromatic heterocycles. The van der Waals surface area contributed by atoms with Crippen molar-refractivity contribution in [3.8, 4) is 11.6 Å². The van der Waals surface area contributed by atoms with E-state index in [4.69, 9.17) is 4.74 Å². The Morgan fingerprint density at radius 2 is 2.10 bits per heavy atom. The van der Waals surface area contributed by atoms with Crippen LogP contribution in [0, 0.1) is 6.92 Å². The van der Waals surface area contributed by atoms with Crippen LogP contribution < -0.4 is 4.74 Å². The van der Waals surface area contributed by atoms with E-state index in [1.165, 1.54) is 7.11 Å². The standard InChI is InChI=1S/C12H12BrN3O2.C2H6/c1-8-6-16(7-14-8)10-4-3-9(11(17)5-13)15-12(10)18-2;1-2/h3-4,6-7H,5H2,1-2H3;1-2H3. The van der Waals surface area contributed by atoms with E-state index in [2.05, 4.69) is 25.9 Å². The molecule has 0 saturated carbocycles. The maximum Gasteiger partial charge on any atom is 0.238 e. The van der Waals surface area contributed by atoms with Crippen molar-refractivity contribution in [3.05, 3.63) is 36.0 Å². The van der Waals surface area contributed by atoms with Gasteiger partial charge in [0.1, 0.15) is 11.4 Å². The van der Waals surface area contributed by atoms with Crippen LogP contribution >= 0.6 is 15.9 Å². The van der Waals surface area contributed by atoms with E-state index in [1.54, 1.807) is 18.5 Å². The molecule has 0 N–H and O–H groups in total. The summed E-state index contributed by atoms with van der Waals surface area (Å²) in [5, 5.41) is 0.243. The number of aromatic nitrogens is 3. The smallest absolute Gasteiger partial charge is 0.238 e. The fourth-order valence-corrected chi connectivity index (χ4v) is 1.84. The van der Waals surface area contributed by atoms with Gasteiger partial charge in [-0.3, -0.25) is 4.79 Å². The van der Waals surface area contributed by atoms with Gasteiger partial charge in [-0.2, -0.15) is 0 Å². The Hall–Kier alpha value is -1.69. The Balaban J connectivity index is 0.000000956. The molecule has 5 nitrogen and oxygen atoms in total. The molecule has 2 aromatic rings. The van der Waals surface area contributed by atoms with E-state index in [0.717, 1.165) is 11.4 Å². The number of ketones is 1. The summed E-state index contributed by atoms with van der Waals surface area (Å²) in [6, 6.07) is 3.47. The van der Waals surface area contributed by atoms with E-state index < -0.39 is 0 Å². The molecule has 0 aliphatic carbocycles. The summed E-state index contributed by atoms with van der Waals surface area (Å²) in [5.74, 6) is 0.320. The van der Waals surface area contributed by atoms with Crippen LogP contribution in [0.4, 0.5) is 0 Å². The molecule has 20 heavy (non-hydrogen) atoms. The molecule has 0 saturated heterocycles. The minimum Gasteiger partial charge on any atom is -0.479 e. The van der Waals surface area contributed by atoms with Gasteiger partial charge >= 0.3 is 0 Å². The summed E-state index contributed by atoms with van der Waals surface area (Å²) < 4.78 is 7.03. The average molecular weight is 340 g/mol. The van der Waals surface area contributed by atoms with Crippen molar-refractivity contribution in [2.45, 2.75) is 20.8 Å². The van der Waals surface area contributed by atoms with Gasteiger partial charge in [0.25, 0.3) is 0 Å². The number of imidazole rings is 1. The van der Waals surface area contributed by atoms with Crippen molar-refractivity contribution in [3.63, 3.8) is 0 Å². The minimum absolute atomic E-state index is 0.0818. The minimum atomic E-state index is -0.0818. The highest BCUT2D eigenvalue weighted by Gasteiger charge is 2.12. The number of hydrogen-bond donors (Lipinski definition) is 0. The van der Waals surface area contributed by atoms with E-state index in [9.17, 15) is 4.79 Å². The second kappa shape index (κ2) is 7.79. The van der Waals surface area contributed by atoms with Crippen molar-refractivity contribution < 1.29 is 9.53 Å². The number of carbonyl (C=O) groups excluding carboxylic acids is 1. The molecule has 2 rings (SSSR count). The fourth-order valence-electron chi connectivity index (χ4n) is 1.56. The highest BCUT2D eigenvalue weighted by molar-refractivity contribution is 9.09. The zero-order chi connectivity index (χ0) is 15.1. The van der Waals surface area contributed by atoms with Gasteiger partial charge in [0.2, 0.25) is 5.88 Å². The number of methoxy groups -OCH3 is 1. The quantitative estimate of drug-likeness (QED) is 0.634. The van der Waals surface area contributed by atoms with Crippen LogP contribution in [0.1, 0.15) is 30.0 Å². The van der Waals surface area contributed by atoms with Gasteiger partial charge in [0, 0.05) is 6.20 Å². The Bertz CT molecular complexity index is 582. The lowest BCUT2D eigenvalue weighted by molar-refractivity contribution is 0.101. The van der Waals surface area contributed by atoms with E-state index in [0.29, 0.717) is 11.6 Å². The number of alkyl halides is 1. The number of halogens is 1. The van der Waals surface area contributed by atoms with Gasteiger partial charge < -0.3 is 9.30 Å². The maximum absolute atomic E-state index is 11.5. The molecule has 108 valence electrons. The molecule has 0 atom stereocenters. The highest BCUT2D eigenvalue weighted by atomic mass is 79.9. The molecule has 0 amide bonds. The topological polar surface area (TPSA) is 57.0 Å². The van der Waals surface area contributed by atoms with Crippen molar-refractivity contribution in [1.82, 2.24) is 14.5 Å². The first-order valence-corrected chi connectivity index (χ1v) is 7.43. The number of carbonyl (C=O) groups is 1. The van der Waals surface area contributed by atoms with Gasteiger partial charge in [-0.15, -0.1) is 0 Å². The molecule has 0 radical (unpaired) electrons. The van der Waals surface area contributed by atoms with Crippen molar-refractivity contribution in [2.75, 3.05) is 12.4 Å². The Labute approximate surface area is 127 Å². The number of hydrogen-bond acceptors (Lipinski definition) is 4. The van der Waals surface area contributed by atoms with Gasteiger partial charge in [-0.1, -0.05) is 29.8 Å². The predicted octanol–water partition coefficient (Wildman–Crippen LogP) is 3.19. The van der Waals surface area contributed by atoms with E-state index in [1.807, 2.05) is 31.5 Å². The fraction of sp³-hybridized carbons (Fsp3) is 0.357. The monoisotopic (exact) mass is 339 g/mol. The molecule has 0 aliphatic heterocycles. The SMILES string of the molecule is CC.COc1nc(C(=O)CBr)ccc1-n1cnc(C)c1. The van der Waals surface area contributed by atoms with Crippen LogP contribution in [-0.4, -0.2) is 32.8 Å². The van der Waals surface area contributed by atoms with Crippen molar-refractivity contribution in [2.24, 2.45) is 0 Å². The third kappa shape index (κ3) is 3.66. The molecular weight excluding hydrogens is 322 g/mol. The average Bonchev–Trinajstić information content (AvgIpc) is 2.94. The molecule has 0 fully saturated rings. The summed E-state index contributed by atoms with van der Waals surface area (Å²) in [6.45, 7) is 5.90. The third-order valence-corrected chi connectivity index (χ3v) is 2.94. The molecule has 0 unspecified atom stereocenters. The molecule has 0 bridgehead atoms. The van der Waals surface area contributed by atoms with Gasteiger partial charge in [0.05, 0.1) is 24.5 Å². The molecule has 0 aliphatic rings. The lowest BCUT2D eigenvalue weighted by Crippen LogP contribution is -2.06. The highest BCUT2D eigenvalue weighted by Crippen LogP contribution is 2.21. The first kappa shape index (κ1) is 16.4. The zero-order valence-corrected chi connectivity index (χ0v) is 13.6. The van der Waals surface area contributed by atoms with Crippen molar-refractivity contribution in [1.29, 1.82) is 0 Å². The number of pyridine rings is 1. The van der Waals surface area contributed by atoms with Gasteiger partial charge in [-0.05, 0) is 19.1 Å². The van der Waals surface area contributed by atoms with E-state index >= 15 is 0 Å². The van der Waals surface area contributed by atoms with Crippen LogP contribution in [0.3, 0.4) is 0 Å². The van der Waals surface area contributed by atoms with Crippen LogP contribution in [0.25, 0.3) is 5.69 Å². The zero-order valence-electron chi connectivity index (χ0n) is 12.1.